The second-order valence-electron chi connectivity index (χ2n) is 16.7. The van der Waals surface area contributed by atoms with Gasteiger partial charge in [-0.2, -0.15) is 0 Å². The van der Waals surface area contributed by atoms with E-state index in [1.165, 1.54) is 18.0 Å². The van der Waals surface area contributed by atoms with E-state index in [-0.39, 0.29) is 38.9 Å². The molecule has 5 atom stereocenters. The second kappa shape index (κ2) is 19.5. The SMILES string of the molecule is C#CCCC(NC(=O)C1CC(OC(=O)N2CCc3ccccc3C2)CN1C(=O)C(NC(=O)NC(CN(C)S(C)(=O)=O)C(C)(C)C)C(C)(C)C)C(=O)C(=O)NCC=C. The molecule has 0 spiro atoms. The number of amides is 6. The first-order valence-electron chi connectivity index (χ1n) is 19.0. The molecule has 0 bridgehead atoms. The largest absolute Gasteiger partial charge is 0.444 e. The van der Waals surface area contributed by atoms with Crippen molar-refractivity contribution < 1.29 is 41.9 Å². The number of sulfonamides is 1. The number of likely N-dealkylation sites (N-methyl/N-ethyl adjacent to an activating group) is 1. The van der Waals surface area contributed by atoms with Crippen LogP contribution in [0.5, 0.6) is 0 Å². The Labute approximate surface area is 336 Å². The van der Waals surface area contributed by atoms with Gasteiger partial charge in [-0.3, -0.25) is 19.2 Å². The van der Waals surface area contributed by atoms with Gasteiger partial charge in [0.05, 0.1) is 18.8 Å². The van der Waals surface area contributed by atoms with Gasteiger partial charge in [0.25, 0.3) is 5.91 Å². The van der Waals surface area contributed by atoms with E-state index in [0.29, 0.717) is 19.5 Å². The maximum atomic E-state index is 14.6. The first kappa shape index (κ1) is 46.4. The monoisotopic (exact) mass is 813 g/mol. The minimum absolute atomic E-state index is 0.0145. The lowest BCUT2D eigenvalue weighted by molar-refractivity contribution is -0.143. The average Bonchev–Trinajstić information content (AvgIpc) is 3.55. The summed E-state index contributed by atoms with van der Waals surface area (Å²) in [6, 6.07) is 2.49. The third-order valence-corrected chi connectivity index (χ3v) is 11.4. The number of ketones is 1. The van der Waals surface area contributed by atoms with Gasteiger partial charge < -0.3 is 35.8 Å². The van der Waals surface area contributed by atoms with Gasteiger partial charge in [0.15, 0.2) is 0 Å². The summed E-state index contributed by atoms with van der Waals surface area (Å²) in [5, 5.41) is 10.6. The van der Waals surface area contributed by atoms with E-state index in [9.17, 15) is 37.2 Å². The Bertz CT molecular complexity index is 1830. The Morgan fingerprint density at radius 3 is 2.26 bits per heavy atom. The first-order chi connectivity index (χ1) is 26.5. The predicted octanol–water partition coefficient (Wildman–Crippen LogP) is 1.94. The number of fused-ring (bicyclic) bond motifs is 1. The van der Waals surface area contributed by atoms with Crippen molar-refractivity contribution in [2.45, 2.75) is 104 Å². The number of Topliss-reactive ketones (excluding diaryl/α,β-unsaturated/α-hetero) is 1. The van der Waals surface area contributed by atoms with Gasteiger partial charge in [0.2, 0.25) is 27.6 Å². The Kier molecular flexibility index (Phi) is 15.9. The number of hydrogen-bond acceptors (Lipinski definition) is 9. The fourth-order valence-corrected chi connectivity index (χ4v) is 6.91. The minimum atomic E-state index is -3.58. The molecule has 6 amide bonds. The van der Waals surface area contributed by atoms with Gasteiger partial charge in [0, 0.05) is 52.1 Å². The van der Waals surface area contributed by atoms with Gasteiger partial charge in [-0.15, -0.1) is 18.9 Å². The first-order valence-corrected chi connectivity index (χ1v) is 20.8. The summed E-state index contributed by atoms with van der Waals surface area (Å²) < 4.78 is 31.5. The summed E-state index contributed by atoms with van der Waals surface area (Å²) in [6.07, 6.45) is 6.81. The summed E-state index contributed by atoms with van der Waals surface area (Å²) in [7, 11) is -2.17. The standard InChI is InChI=1S/C40H59N7O9S/c1-11-13-18-29(32(48)35(50)41-20-12-2)42-34(49)30-22-28(56-38(53)46-21-19-26-16-14-15-17-27(26)23-46)24-47(30)36(51)33(40(6,7)8)44-37(52)43-31(39(3,4)5)25-45(9)57(10,54)55/h1,12,14-17,28-31,33H,2,13,18-25H2,3-10H3,(H,41,50)(H,42,49)(H2,43,44,52). The molecule has 17 heteroatoms. The normalized spacial score (nSPS) is 18.6. The zero-order chi connectivity index (χ0) is 42.9. The van der Waals surface area contributed by atoms with Crippen molar-refractivity contribution in [2.24, 2.45) is 10.8 Å². The van der Waals surface area contributed by atoms with Crippen molar-refractivity contribution in [2.75, 3.05) is 39.5 Å². The maximum Gasteiger partial charge on any atom is 0.410 e. The molecule has 3 rings (SSSR count). The molecule has 2 heterocycles. The van der Waals surface area contributed by atoms with Crippen molar-refractivity contribution in [1.82, 2.24) is 35.4 Å². The van der Waals surface area contributed by atoms with E-state index >= 15 is 0 Å². The quantitative estimate of drug-likeness (QED) is 0.116. The summed E-state index contributed by atoms with van der Waals surface area (Å²) in [6.45, 7) is 14.7. The lowest BCUT2D eigenvalue weighted by Crippen LogP contribution is -2.62. The molecule has 4 N–H and O–H groups in total. The number of rotatable bonds is 15. The number of carbonyl (C=O) groups excluding carboxylic acids is 6. The highest BCUT2D eigenvalue weighted by Gasteiger charge is 2.47. The average molecular weight is 814 g/mol. The fraction of sp³-hybridized carbons (Fsp3) is 0.600. The van der Waals surface area contributed by atoms with Gasteiger partial charge in [-0.05, 0) is 34.8 Å². The number of nitrogens with zero attached hydrogens (tertiary/aromatic N) is 3. The highest BCUT2D eigenvalue weighted by molar-refractivity contribution is 7.88. The summed E-state index contributed by atoms with van der Waals surface area (Å²) >= 11 is 0. The molecule has 0 saturated carbocycles. The number of terminal acetylenes is 1. The van der Waals surface area contributed by atoms with Crippen LogP contribution in [0.4, 0.5) is 9.59 Å². The predicted molar refractivity (Wildman–Crippen MR) is 215 cm³/mol. The van der Waals surface area contributed by atoms with E-state index in [0.717, 1.165) is 21.7 Å². The molecule has 1 fully saturated rings. The molecule has 57 heavy (non-hydrogen) atoms. The van der Waals surface area contributed by atoms with Gasteiger partial charge >= 0.3 is 12.1 Å². The van der Waals surface area contributed by atoms with Crippen LogP contribution in [0.2, 0.25) is 0 Å². The summed E-state index contributed by atoms with van der Waals surface area (Å²) in [5.41, 5.74) is 0.582. The fourth-order valence-electron chi connectivity index (χ4n) is 6.49. The molecule has 2 aliphatic rings. The highest BCUT2D eigenvalue weighted by Crippen LogP contribution is 2.29. The van der Waals surface area contributed by atoms with Crippen LogP contribution >= 0.6 is 0 Å². The number of ether oxygens (including phenoxy) is 1. The number of hydrogen-bond donors (Lipinski definition) is 4. The van der Waals surface area contributed by atoms with Crippen molar-refractivity contribution in [3.63, 3.8) is 0 Å². The molecular formula is C40H59N7O9S. The molecule has 5 unspecified atom stereocenters. The van der Waals surface area contributed by atoms with Crippen LogP contribution in [0.25, 0.3) is 0 Å². The Hall–Kier alpha value is -4.95. The highest BCUT2D eigenvalue weighted by atomic mass is 32.2. The second-order valence-corrected chi connectivity index (χ2v) is 18.8. The molecule has 2 aliphatic heterocycles. The van der Waals surface area contributed by atoms with E-state index in [1.807, 2.05) is 45.0 Å². The molecule has 314 valence electrons. The van der Waals surface area contributed by atoms with Crippen molar-refractivity contribution in [3.05, 3.63) is 48.0 Å². The van der Waals surface area contributed by atoms with Crippen LogP contribution in [0.3, 0.4) is 0 Å². The van der Waals surface area contributed by atoms with Crippen LogP contribution in [0.1, 0.15) is 71.9 Å². The number of benzene rings is 1. The molecule has 1 saturated heterocycles. The summed E-state index contributed by atoms with van der Waals surface area (Å²) in [4.78, 5) is 84.4. The number of nitrogens with one attached hydrogen (secondary N) is 4. The van der Waals surface area contributed by atoms with Crippen LogP contribution in [-0.2, 0) is 46.9 Å². The Morgan fingerprint density at radius 1 is 1.04 bits per heavy atom. The number of urea groups is 1. The van der Waals surface area contributed by atoms with E-state index in [1.54, 1.807) is 25.7 Å². The van der Waals surface area contributed by atoms with Gasteiger partial charge in [0.1, 0.15) is 18.2 Å². The van der Waals surface area contributed by atoms with Crippen LogP contribution in [-0.4, -0.2) is 128 Å². The molecular weight excluding hydrogens is 755 g/mol. The number of likely N-dealkylation sites (tertiary alicyclic amines) is 1. The molecule has 16 nitrogen and oxygen atoms in total. The van der Waals surface area contributed by atoms with Crippen LogP contribution in [0, 0.1) is 23.2 Å². The van der Waals surface area contributed by atoms with Crippen molar-refractivity contribution in [1.29, 1.82) is 0 Å². The van der Waals surface area contributed by atoms with E-state index in [2.05, 4.69) is 33.8 Å². The zero-order valence-corrected chi connectivity index (χ0v) is 35.2. The lowest BCUT2D eigenvalue weighted by Gasteiger charge is -2.37. The zero-order valence-electron chi connectivity index (χ0n) is 34.3. The third kappa shape index (κ3) is 13.0. The smallest absolute Gasteiger partial charge is 0.410 e. The molecule has 0 aliphatic carbocycles. The van der Waals surface area contributed by atoms with Crippen LogP contribution in [0.15, 0.2) is 36.9 Å². The number of carbonyl (C=O) groups is 6. The molecule has 0 radical (unpaired) electrons. The lowest BCUT2D eigenvalue weighted by atomic mass is 9.85. The molecule has 1 aromatic carbocycles. The Balaban J connectivity index is 1.92. The topological polar surface area (TPSA) is 204 Å². The minimum Gasteiger partial charge on any atom is -0.444 e. The van der Waals surface area contributed by atoms with Crippen molar-refractivity contribution in [3.8, 4) is 12.3 Å². The van der Waals surface area contributed by atoms with Crippen molar-refractivity contribution >= 4 is 45.7 Å². The van der Waals surface area contributed by atoms with E-state index in [4.69, 9.17) is 11.2 Å². The maximum absolute atomic E-state index is 14.6. The molecule has 1 aromatic rings. The van der Waals surface area contributed by atoms with E-state index < -0.39 is 86.8 Å². The summed E-state index contributed by atoms with van der Waals surface area (Å²) in [5.74, 6) is -0.939. The van der Waals surface area contributed by atoms with Crippen LogP contribution < -0.4 is 21.3 Å². The van der Waals surface area contributed by atoms with Gasteiger partial charge in [-0.1, -0.05) is 71.9 Å². The Morgan fingerprint density at radius 2 is 1.68 bits per heavy atom. The molecule has 0 aromatic heterocycles. The van der Waals surface area contributed by atoms with Gasteiger partial charge in [-0.25, -0.2) is 22.3 Å². The third-order valence-electron chi connectivity index (χ3n) is 10.1.